The van der Waals surface area contributed by atoms with Crippen LogP contribution in [-0.4, -0.2) is 42.8 Å². The maximum absolute atomic E-state index is 12.8. The van der Waals surface area contributed by atoms with E-state index in [9.17, 15) is 13.2 Å². The first-order chi connectivity index (χ1) is 9.00. The van der Waals surface area contributed by atoms with Crippen molar-refractivity contribution in [3.05, 3.63) is 0 Å². The Labute approximate surface area is 113 Å². The average Bonchev–Trinajstić information content (AvgIpc) is 3.17. The molecule has 2 unspecified atom stereocenters. The molecule has 1 heterocycles. The Morgan fingerprint density at radius 2 is 2.00 bits per heavy atom. The van der Waals surface area contributed by atoms with Crippen LogP contribution in [0.3, 0.4) is 0 Å². The summed E-state index contributed by atoms with van der Waals surface area (Å²) in [6.07, 6.45) is 1.42. The minimum absolute atomic E-state index is 0.195. The number of nitrogens with zero attached hydrogens (tertiary/aromatic N) is 1. The third-order valence-corrected chi connectivity index (χ3v) is 4.27. The lowest BCUT2D eigenvalue weighted by molar-refractivity contribution is -0.188. The van der Waals surface area contributed by atoms with E-state index in [1.165, 1.54) is 12.8 Å². The Balaban J connectivity index is 1.87. The number of alkyl halides is 3. The quantitative estimate of drug-likeness (QED) is 0.803. The van der Waals surface area contributed by atoms with Crippen LogP contribution in [0.4, 0.5) is 13.2 Å². The van der Waals surface area contributed by atoms with Gasteiger partial charge < -0.3 is 5.32 Å². The van der Waals surface area contributed by atoms with Crippen LogP contribution in [0.5, 0.6) is 0 Å². The van der Waals surface area contributed by atoms with Gasteiger partial charge in [-0.3, -0.25) is 4.90 Å². The molecule has 112 valence electrons. The van der Waals surface area contributed by atoms with Crippen molar-refractivity contribution in [2.75, 3.05) is 19.6 Å². The van der Waals surface area contributed by atoms with Gasteiger partial charge >= 0.3 is 6.18 Å². The highest BCUT2D eigenvalue weighted by atomic mass is 19.4. The highest BCUT2D eigenvalue weighted by molar-refractivity contribution is 4.87. The van der Waals surface area contributed by atoms with Crippen molar-refractivity contribution in [2.24, 2.45) is 5.92 Å². The molecule has 1 aliphatic heterocycles. The summed E-state index contributed by atoms with van der Waals surface area (Å²) in [7, 11) is 0. The number of rotatable bonds is 6. The summed E-state index contributed by atoms with van der Waals surface area (Å²) in [5.74, 6) is -1.12. The fourth-order valence-corrected chi connectivity index (χ4v) is 2.94. The van der Waals surface area contributed by atoms with Crippen molar-refractivity contribution in [1.29, 1.82) is 0 Å². The summed E-state index contributed by atoms with van der Waals surface area (Å²) in [5, 5.41) is 3.47. The number of halogens is 3. The predicted octanol–water partition coefficient (Wildman–Crippen LogP) is 3.18. The molecule has 0 amide bonds. The van der Waals surface area contributed by atoms with Crippen LogP contribution < -0.4 is 5.32 Å². The molecule has 1 aliphatic carbocycles. The van der Waals surface area contributed by atoms with Gasteiger partial charge in [0.25, 0.3) is 0 Å². The van der Waals surface area contributed by atoms with Crippen LogP contribution in [0, 0.1) is 5.92 Å². The molecule has 0 aromatic carbocycles. The van der Waals surface area contributed by atoms with E-state index in [0.717, 1.165) is 25.9 Å². The van der Waals surface area contributed by atoms with E-state index < -0.39 is 12.1 Å². The molecule has 0 aromatic heterocycles. The molecular formula is C14H25F3N2. The van der Waals surface area contributed by atoms with Gasteiger partial charge in [0.2, 0.25) is 0 Å². The van der Waals surface area contributed by atoms with Gasteiger partial charge in [-0.15, -0.1) is 0 Å². The average molecular weight is 278 g/mol. The molecule has 0 radical (unpaired) electrons. The van der Waals surface area contributed by atoms with Crippen molar-refractivity contribution < 1.29 is 13.2 Å². The van der Waals surface area contributed by atoms with Gasteiger partial charge in [0.05, 0.1) is 5.92 Å². The largest absolute Gasteiger partial charge is 0.393 e. The number of nitrogens with one attached hydrogen (secondary N) is 1. The Bertz CT molecular complexity index is 276. The summed E-state index contributed by atoms with van der Waals surface area (Å²) in [6.45, 7) is 3.97. The zero-order valence-corrected chi connectivity index (χ0v) is 11.7. The van der Waals surface area contributed by atoms with Crippen LogP contribution in [0.1, 0.15) is 45.4 Å². The van der Waals surface area contributed by atoms with Crippen molar-refractivity contribution in [1.82, 2.24) is 10.2 Å². The number of likely N-dealkylation sites (tertiary alicyclic amines) is 1. The molecule has 2 atom stereocenters. The monoisotopic (exact) mass is 278 g/mol. The SMILES string of the molecule is CCCC(CNC1CC1)N1CCCC(C(F)(F)F)C1. The second-order valence-electron chi connectivity index (χ2n) is 6.00. The van der Waals surface area contributed by atoms with E-state index in [-0.39, 0.29) is 12.6 Å². The van der Waals surface area contributed by atoms with Gasteiger partial charge in [0, 0.05) is 25.2 Å². The van der Waals surface area contributed by atoms with Gasteiger partial charge in [0.15, 0.2) is 0 Å². The van der Waals surface area contributed by atoms with Crippen molar-refractivity contribution in [3.8, 4) is 0 Å². The Morgan fingerprint density at radius 1 is 1.26 bits per heavy atom. The topological polar surface area (TPSA) is 15.3 Å². The third-order valence-electron chi connectivity index (χ3n) is 4.27. The summed E-state index contributed by atoms with van der Waals surface area (Å²) < 4.78 is 38.5. The van der Waals surface area contributed by atoms with Crippen LogP contribution in [0.15, 0.2) is 0 Å². The molecule has 2 fully saturated rings. The van der Waals surface area contributed by atoms with Crippen LogP contribution in [0.2, 0.25) is 0 Å². The molecule has 0 spiro atoms. The van der Waals surface area contributed by atoms with E-state index in [4.69, 9.17) is 0 Å². The van der Waals surface area contributed by atoms with Gasteiger partial charge in [-0.25, -0.2) is 0 Å². The van der Waals surface area contributed by atoms with Crippen molar-refractivity contribution in [3.63, 3.8) is 0 Å². The van der Waals surface area contributed by atoms with E-state index in [1.807, 2.05) is 0 Å². The summed E-state index contributed by atoms with van der Waals surface area (Å²) >= 11 is 0. The fourth-order valence-electron chi connectivity index (χ4n) is 2.94. The standard InChI is InChI=1S/C14H25F3N2/c1-2-4-13(9-18-12-6-7-12)19-8-3-5-11(10-19)14(15,16)17/h11-13,18H,2-10H2,1H3. The number of hydrogen-bond donors (Lipinski definition) is 1. The molecule has 2 rings (SSSR count). The van der Waals surface area contributed by atoms with E-state index in [1.54, 1.807) is 0 Å². The smallest absolute Gasteiger partial charge is 0.312 e. The van der Waals surface area contributed by atoms with E-state index >= 15 is 0 Å². The van der Waals surface area contributed by atoms with E-state index in [2.05, 4.69) is 17.1 Å². The molecule has 1 saturated heterocycles. The highest BCUT2D eigenvalue weighted by Crippen LogP contribution is 2.34. The Hall–Kier alpha value is -0.290. The first-order valence-corrected chi connectivity index (χ1v) is 7.55. The molecule has 1 N–H and O–H groups in total. The molecule has 5 heteroatoms. The summed E-state index contributed by atoms with van der Waals surface area (Å²) in [5.41, 5.74) is 0. The molecule has 0 bridgehead atoms. The lowest BCUT2D eigenvalue weighted by Crippen LogP contribution is -2.50. The zero-order valence-electron chi connectivity index (χ0n) is 11.7. The Morgan fingerprint density at radius 3 is 2.58 bits per heavy atom. The number of piperidine rings is 1. The Kier molecular flexibility index (Phi) is 5.12. The van der Waals surface area contributed by atoms with Crippen LogP contribution in [0.25, 0.3) is 0 Å². The van der Waals surface area contributed by atoms with Crippen molar-refractivity contribution >= 4 is 0 Å². The molecule has 2 aliphatic rings. The predicted molar refractivity (Wildman–Crippen MR) is 70.1 cm³/mol. The number of hydrogen-bond acceptors (Lipinski definition) is 2. The van der Waals surface area contributed by atoms with Gasteiger partial charge in [-0.1, -0.05) is 13.3 Å². The maximum atomic E-state index is 12.8. The summed E-state index contributed by atoms with van der Waals surface area (Å²) in [4.78, 5) is 2.07. The maximum Gasteiger partial charge on any atom is 0.393 e. The van der Waals surface area contributed by atoms with Gasteiger partial charge in [-0.2, -0.15) is 13.2 Å². The zero-order chi connectivity index (χ0) is 13.9. The minimum Gasteiger partial charge on any atom is -0.312 e. The molecule has 1 saturated carbocycles. The lowest BCUT2D eigenvalue weighted by atomic mass is 9.95. The molecule has 19 heavy (non-hydrogen) atoms. The third kappa shape index (κ3) is 4.63. The molecular weight excluding hydrogens is 253 g/mol. The second-order valence-corrected chi connectivity index (χ2v) is 6.00. The van der Waals surface area contributed by atoms with Crippen molar-refractivity contribution in [2.45, 2.75) is 63.7 Å². The minimum atomic E-state index is -4.03. The molecule has 2 nitrogen and oxygen atoms in total. The second kappa shape index (κ2) is 6.44. The highest BCUT2D eigenvalue weighted by Gasteiger charge is 2.42. The van der Waals surface area contributed by atoms with Crippen LogP contribution >= 0.6 is 0 Å². The first-order valence-electron chi connectivity index (χ1n) is 7.55. The fraction of sp³-hybridized carbons (Fsp3) is 1.00. The van der Waals surface area contributed by atoms with Gasteiger partial charge in [-0.05, 0) is 38.6 Å². The van der Waals surface area contributed by atoms with Gasteiger partial charge in [0.1, 0.15) is 0 Å². The normalized spacial score (nSPS) is 27.5. The van der Waals surface area contributed by atoms with E-state index in [0.29, 0.717) is 18.9 Å². The molecule has 0 aromatic rings. The lowest BCUT2D eigenvalue weighted by Gasteiger charge is -2.39. The van der Waals surface area contributed by atoms with Crippen LogP contribution in [-0.2, 0) is 0 Å². The first kappa shape index (κ1) is 15.1. The summed E-state index contributed by atoms with van der Waals surface area (Å²) in [6, 6.07) is 0.901.